The fraction of sp³-hybridized carbons (Fsp3) is 0.216. The maximum atomic E-state index is 14.0. The molecule has 3 N–H and O–H groups in total. The molecule has 6 rings (SSSR count). The Bertz CT molecular complexity index is 2210. The van der Waals surface area contributed by atoms with E-state index in [9.17, 15) is 18.0 Å². The molecule has 0 saturated carbocycles. The fourth-order valence-corrected chi connectivity index (χ4v) is 8.62. The minimum atomic E-state index is -4.27. The summed E-state index contributed by atoms with van der Waals surface area (Å²) in [6.45, 7) is 6.21. The Morgan fingerprint density at radius 1 is 1.06 bits per heavy atom. The largest absolute Gasteiger partial charge is 0.366 e. The number of hydrogen-bond donors (Lipinski definition) is 2. The minimum Gasteiger partial charge on any atom is -0.366 e. The second kappa shape index (κ2) is 14.6. The van der Waals surface area contributed by atoms with Crippen molar-refractivity contribution >= 4 is 59.0 Å². The van der Waals surface area contributed by atoms with Crippen LogP contribution in [0.3, 0.4) is 0 Å². The van der Waals surface area contributed by atoms with E-state index in [0.29, 0.717) is 56.1 Å². The summed E-state index contributed by atoms with van der Waals surface area (Å²) in [6, 6.07) is 28.4. The lowest BCUT2D eigenvalue weighted by Crippen LogP contribution is -2.36. The van der Waals surface area contributed by atoms with Crippen LogP contribution in [0.4, 0.5) is 5.69 Å². The van der Waals surface area contributed by atoms with Gasteiger partial charge in [0.2, 0.25) is 5.91 Å². The summed E-state index contributed by atoms with van der Waals surface area (Å²) < 4.78 is 35.5. The van der Waals surface area contributed by atoms with Crippen molar-refractivity contribution < 1.29 is 22.7 Å². The summed E-state index contributed by atoms with van der Waals surface area (Å²) in [5.41, 5.74) is 10.3. The molecule has 2 amide bonds. The maximum Gasteiger partial charge on any atom is 0.331 e. The number of nitrogens with two attached hydrogens (primary N) is 1. The van der Waals surface area contributed by atoms with Crippen LogP contribution < -0.4 is 10.0 Å². The summed E-state index contributed by atoms with van der Waals surface area (Å²) in [5.74, 6) is -1.29. The van der Waals surface area contributed by atoms with Gasteiger partial charge < -0.3 is 15.5 Å². The number of carbonyl (C=O) groups is 2. The SMILES string of the molecule is C[Si](C)(C)CCOCN1C(=O)CN(c2ccccc2C(c2ccc(-c3cc[c]cc3C(N)=O)cc2)c2nc(-c3ccc(Cl)cc3Cl)c[nH]2)S1(=O)=O. The van der Waals surface area contributed by atoms with Gasteiger partial charge in [-0.05, 0) is 64.7 Å². The van der Waals surface area contributed by atoms with Crippen molar-refractivity contribution in [2.75, 3.05) is 24.2 Å². The summed E-state index contributed by atoms with van der Waals surface area (Å²) in [4.78, 5) is 33.6. The van der Waals surface area contributed by atoms with Crippen LogP contribution in [0, 0.1) is 6.07 Å². The number of H-pyrrole nitrogens is 1. The molecule has 1 aliphatic heterocycles. The first-order chi connectivity index (χ1) is 24.2. The minimum absolute atomic E-state index is 0.321. The van der Waals surface area contributed by atoms with Gasteiger partial charge in [-0.3, -0.25) is 9.59 Å². The van der Waals surface area contributed by atoms with E-state index in [1.807, 2.05) is 36.4 Å². The number of primary amides is 1. The number of rotatable bonds is 12. The van der Waals surface area contributed by atoms with Gasteiger partial charge in [0.05, 0.1) is 22.3 Å². The number of carbonyl (C=O) groups excluding carboxylic acids is 2. The summed E-state index contributed by atoms with van der Waals surface area (Å²) in [6.07, 6.45) is 1.73. The first-order valence-electron chi connectivity index (χ1n) is 16.2. The Labute approximate surface area is 308 Å². The molecular weight excluding hydrogens is 725 g/mol. The van der Waals surface area contributed by atoms with E-state index in [1.165, 1.54) is 0 Å². The highest BCUT2D eigenvalue weighted by molar-refractivity contribution is 7.91. The average Bonchev–Trinajstić information content (AvgIpc) is 3.64. The van der Waals surface area contributed by atoms with Crippen LogP contribution in [-0.4, -0.2) is 62.5 Å². The lowest BCUT2D eigenvalue weighted by molar-refractivity contribution is -0.127. The van der Waals surface area contributed by atoms with Crippen LogP contribution in [0.1, 0.15) is 33.2 Å². The van der Waals surface area contributed by atoms with Gasteiger partial charge in [0, 0.05) is 37.0 Å². The van der Waals surface area contributed by atoms with E-state index in [2.05, 4.69) is 30.7 Å². The quantitative estimate of drug-likeness (QED) is 0.101. The van der Waals surface area contributed by atoms with Crippen LogP contribution in [0.2, 0.25) is 35.7 Å². The van der Waals surface area contributed by atoms with Gasteiger partial charge >= 0.3 is 10.2 Å². The molecule has 0 bridgehead atoms. The fourth-order valence-electron chi connectivity index (χ4n) is 5.91. The predicted octanol–water partition coefficient (Wildman–Crippen LogP) is 7.34. The molecule has 0 spiro atoms. The van der Waals surface area contributed by atoms with E-state index in [-0.39, 0.29) is 13.3 Å². The van der Waals surface area contributed by atoms with Crippen LogP contribution in [-0.2, 0) is 19.7 Å². The lowest BCUT2D eigenvalue weighted by atomic mass is 9.88. The zero-order valence-electron chi connectivity index (χ0n) is 28.2. The standard InChI is InChI=1S/C37H36Cl2N5O5SSi/c1-51(2,3)19-18-49-23-44-34(45)22-43(50(44,47)48)33-11-7-6-10-30(33)35(37-41-21-32(42-37)29-17-16-26(38)20-31(29)39)25-14-12-24(13-15-25)27-8-4-5-9-28(27)36(40)46/h4,6-17,20-21,35H,18-19,22-23H2,1-3H3,(H2,40,46)(H,41,42). The maximum absolute atomic E-state index is 14.0. The van der Waals surface area contributed by atoms with Gasteiger partial charge in [0.25, 0.3) is 5.91 Å². The molecule has 4 aromatic carbocycles. The number of nitrogens with one attached hydrogen (secondary N) is 1. The van der Waals surface area contributed by atoms with Crippen molar-refractivity contribution in [1.29, 1.82) is 0 Å². The molecule has 263 valence electrons. The molecule has 1 unspecified atom stereocenters. The topological polar surface area (TPSA) is 139 Å². The molecule has 10 nitrogen and oxygen atoms in total. The molecule has 5 aromatic rings. The number of aromatic nitrogens is 2. The molecule has 1 fully saturated rings. The normalized spacial score (nSPS) is 15.0. The summed E-state index contributed by atoms with van der Waals surface area (Å²) in [5, 5.41) is 0.903. The Morgan fingerprint density at radius 2 is 1.80 bits per heavy atom. The van der Waals surface area contributed by atoms with Gasteiger partial charge in [-0.15, -0.1) is 0 Å². The second-order valence-electron chi connectivity index (χ2n) is 13.3. The number of ether oxygens (including phenoxy) is 1. The van der Waals surface area contributed by atoms with E-state index in [0.717, 1.165) is 25.8 Å². The van der Waals surface area contributed by atoms with E-state index in [1.54, 1.807) is 54.7 Å². The number of hydrogen-bond acceptors (Lipinski definition) is 6. The van der Waals surface area contributed by atoms with Gasteiger partial charge in [-0.25, -0.2) is 9.29 Å². The number of benzene rings is 4. The molecule has 0 aliphatic carbocycles. The lowest BCUT2D eigenvalue weighted by Gasteiger charge is -2.25. The molecule has 51 heavy (non-hydrogen) atoms. The molecular formula is C37H36Cl2N5O5SSi. The molecule has 1 aromatic heterocycles. The number of aromatic amines is 1. The third-order valence-corrected chi connectivity index (χ3v) is 12.6. The van der Waals surface area contributed by atoms with Gasteiger partial charge in [-0.1, -0.05) is 97.4 Å². The third-order valence-electron chi connectivity index (χ3n) is 8.60. The van der Waals surface area contributed by atoms with Crippen molar-refractivity contribution in [2.24, 2.45) is 5.73 Å². The van der Waals surface area contributed by atoms with E-state index < -0.39 is 36.0 Å². The molecule has 14 heteroatoms. The Balaban J connectivity index is 1.42. The molecule has 1 aliphatic rings. The number of amides is 2. The first-order valence-corrected chi connectivity index (χ1v) is 22.0. The highest BCUT2D eigenvalue weighted by atomic mass is 35.5. The van der Waals surface area contributed by atoms with Crippen LogP contribution >= 0.6 is 23.2 Å². The monoisotopic (exact) mass is 760 g/mol. The average molecular weight is 762 g/mol. The second-order valence-corrected chi connectivity index (χ2v) is 21.6. The Morgan fingerprint density at radius 3 is 2.51 bits per heavy atom. The van der Waals surface area contributed by atoms with Crippen molar-refractivity contribution in [3.05, 3.63) is 130 Å². The highest BCUT2D eigenvalue weighted by Crippen LogP contribution is 2.41. The number of para-hydroxylation sites is 1. The van der Waals surface area contributed by atoms with E-state index >= 15 is 0 Å². The molecule has 1 radical (unpaired) electrons. The van der Waals surface area contributed by atoms with Crippen molar-refractivity contribution in [2.45, 2.75) is 31.6 Å². The highest BCUT2D eigenvalue weighted by Gasteiger charge is 2.44. The first kappa shape index (κ1) is 36.3. The molecule has 1 atom stereocenters. The number of imidazole rings is 1. The number of halogens is 2. The predicted molar refractivity (Wildman–Crippen MR) is 203 cm³/mol. The number of nitrogens with zero attached hydrogens (tertiary/aromatic N) is 3. The third kappa shape index (κ3) is 7.75. The zero-order valence-corrected chi connectivity index (χ0v) is 31.5. The van der Waals surface area contributed by atoms with E-state index in [4.69, 9.17) is 38.7 Å². The zero-order chi connectivity index (χ0) is 36.5. The van der Waals surface area contributed by atoms with Crippen molar-refractivity contribution in [1.82, 2.24) is 14.3 Å². The molecule has 2 heterocycles. The Kier molecular flexibility index (Phi) is 10.4. The summed E-state index contributed by atoms with van der Waals surface area (Å²) >= 11 is 12.7. The smallest absolute Gasteiger partial charge is 0.331 e. The van der Waals surface area contributed by atoms with Crippen LogP contribution in [0.25, 0.3) is 22.4 Å². The molecule has 1 saturated heterocycles. The van der Waals surface area contributed by atoms with Gasteiger partial charge in [0.1, 0.15) is 19.1 Å². The van der Waals surface area contributed by atoms with Crippen molar-refractivity contribution in [3.8, 4) is 22.4 Å². The van der Waals surface area contributed by atoms with Crippen molar-refractivity contribution in [3.63, 3.8) is 0 Å². The number of anilines is 1. The Hall–Kier alpha value is -4.46. The summed E-state index contributed by atoms with van der Waals surface area (Å²) in [7, 11) is -5.70. The van der Waals surface area contributed by atoms with Gasteiger partial charge in [0.15, 0.2) is 0 Å². The van der Waals surface area contributed by atoms with Crippen LogP contribution in [0.5, 0.6) is 0 Å². The van der Waals surface area contributed by atoms with Crippen LogP contribution in [0.15, 0.2) is 91.1 Å². The van der Waals surface area contributed by atoms with Gasteiger partial charge in [-0.2, -0.15) is 12.7 Å².